The van der Waals surface area contributed by atoms with E-state index in [1.165, 1.54) is 138 Å². The Morgan fingerprint density at radius 3 is 1.26 bits per heavy atom. The van der Waals surface area contributed by atoms with Crippen molar-refractivity contribution in [3.63, 3.8) is 0 Å². The van der Waals surface area contributed by atoms with Gasteiger partial charge in [0.2, 0.25) is 0 Å². The molecular weight excluding hydrogens is 793 g/mol. The standard InChI is InChI=1S/3C12H16.C12H18.2C9H12/c1-10-6-2-5-9-12(10)11-7-3-4-8-11;1-10-5-4-8-12(9-10)11-6-2-3-7-11;1-10-6-8-12(9-7-10)11-4-2-3-5-11;1-10-5-7-11(8-6-10)9-12(2,3)4;1-7-4-5-8(2)9(3)6-7;1-7-5-4-6-8(2)9(7)3/h2,5-6,9,11H,3-4,7-8H2,1H3;4-5,8-9,11H,2-3,6-7H2,1H3;6-9,11H,2-5H2,1H3;5-8H,9H2,1-4H3;2*4-6H,1-3H3. The summed E-state index contributed by atoms with van der Waals surface area (Å²) in [4.78, 5) is 0. The Labute approximate surface area is 406 Å². The number of hydrogen-bond donors (Lipinski definition) is 0. The summed E-state index contributed by atoms with van der Waals surface area (Å²) in [5, 5.41) is 0. The van der Waals surface area contributed by atoms with Crippen LogP contribution in [0, 0.1) is 74.7 Å². The molecule has 0 saturated heterocycles. The zero-order valence-corrected chi connectivity index (χ0v) is 44.1. The minimum absolute atomic E-state index is 0.398. The van der Waals surface area contributed by atoms with Gasteiger partial charge >= 0.3 is 0 Å². The molecule has 0 nitrogen and oxygen atoms in total. The van der Waals surface area contributed by atoms with Crippen LogP contribution in [-0.2, 0) is 6.42 Å². The van der Waals surface area contributed by atoms with Crippen molar-refractivity contribution >= 4 is 0 Å². The molecule has 0 N–H and O–H groups in total. The molecule has 66 heavy (non-hydrogen) atoms. The molecule has 0 amide bonds. The van der Waals surface area contributed by atoms with Crippen molar-refractivity contribution < 1.29 is 0 Å². The predicted octanol–water partition coefficient (Wildman–Crippen LogP) is 19.8. The van der Waals surface area contributed by atoms with E-state index < -0.39 is 0 Å². The third-order valence-electron chi connectivity index (χ3n) is 14.1. The normalized spacial score (nSPS) is 14.8. The fraction of sp³-hybridized carbons (Fsp3) is 0.455. The first-order valence-electron chi connectivity index (χ1n) is 25.8. The van der Waals surface area contributed by atoms with Gasteiger partial charge in [-0.2, -0.15) is 0 Å². The van der Waals surface area contributed by atoms with Gasteiger partial charge in [-0.1, -0.05) is 215 Å². The second-order valence-corrected chi connectivity index (χ2v) is 21.5. The van der Waals surface area contributed by atoms with Crippen LogP contribution < -0.4 is 0 Å². The molecule has 0 unspecified atom stereocenters. The lowest BCUT2D eigenvalue weighted by molar-refractivity contribution is 0.411. The molecule has 3 aliphatic rings. The van der Waals surface area contributed by atoms with Crippen LogP contribution in [0.5, 0.6) is 0 Å². The van der Waals surface area contributed by atoms with Gasteiger partial charge in [0, 0.05) is 0 Å². The van der Waals surface area contributed by atoms with Gasteiger partial charge in [-0.05, 0) is 193 Å². The number of hydrogen-bond acceptors (Lipinski definition) is 0. The fourth-order valence-electron chi connectivity index (χ4n) is 9.67. The minimum atomic E-state index is 0.398. The highest BCUT2D eigenvalue weighted by Gasteiger charge is 2.19. The van der Waals surface area contributed by atoms with Crippen molar-refractivity contribution in [2.45, 2.75) is 191 Å². The van der Waals surface area contributed by atoms with Crippen LogP contribution in [0.2, 0.25) is 0 Å². The molecule has 0 heterocycles. The third kappa shape index (κ3) is 19.7. The monoisotopic (exact) mass is 883 g/mol. The molecular formula is C66H90. The van der Waals surface area contributed by atoms with Crippen LogP contribution in [0.25, 0.3) is 0 Å². The lowest BCUT2D eigenvalue weighted by Crippen LogP contribution is -2.08. The topological polar surface area (TPSA) is 0 Å². The second-order valence-electron chi connectivity index (χ2n) is 21.5. The molecule has 0 atom stereocenters. The number of rotatable bonds is 4. The average Bonchev–Trinajstić information content (AvgIpc) is 4.13. The molecule has 0 heteroatoms. The molecule has 6 aromatic carbocycles. The van der Waals surface area contributed by atoms with Crippen molar-refractivity contribution in [3.05, 3.63) is 211 Å². The third-order valence-corrected chi connectivity index (χ3v) is 14.1. The van der Waals surface area contributed by atoms with Gasteiger partial charge in [0.25, 0.3) is 0 Å². The van der Waals surface area contributed by atoms with Crippen LogP contribution in [0.3, 0.4) is 0 Å². The highest BCUT2D eigenvalue weighted by atomic mass is 14.2. The lowest BCUT2D eigenvalue weighted by atomic mass is 9.88. The zero-order valence-electron chi connectivity index (χ0n) is 44.1. The summed E-state index contributed by atoms with van der Waals surface area (Å²) >= 11 is 0. The predicted molar refractivity (Wildman–Crippen MR) is 293 cm³/mol. The van der Waals surface area contributed by atoms with E-state index in [0.717, 1.165) is 24.2 Å². The Hall–Kier alpha value is -4.68. The van der Waals surface area contributed by atoms with Crippen LogP contribution >= 0.6 is 0 Å². The summed E-state index contributed by atoms with van der Waals surface area (Å²) in [5.74, 6) is 2.60. The van der Waals surface area contributed by atoms with E-state index in [4.69, 9.17) is 0 Å². The Kier molecular flexibility index (Phi) is 22.7. The lowest BCUT2D eigenvalue weighted by Gasteiger charge is -2.17. The van der Waals surface area contributed by atoms with E-state index in [1.54, 1.807) is 16.7 Å². The fourth-order valence-corrected chi connectivity index (χ4v) is 9.67. The largest absolute Gasteiger partial charge is 0.0620 e. The first-order valence-corrected chi connectivity index (χ1v) is 25.8. The van der Waals surface area contributed by atoms with Gasteiger partial charge in [0.05, 0.1) is 0 Å². The summed E-state index contributed by atoms with van der Waals surface area (Å²) in [6, 6.07) is 48.6. The summed E-state index contributed by atoms with van der Waals surface area (Å²) < 4.78 is 0. The Balaban J connectivity index is 0.000000174. The van der Waals surface area contributed by atoms with E-state index in [2.05, 4.69) is 223 Å². The SMILES string of the molecule is Cc1ccc(C)c(C)c1.Cc1ccc(C2CCCC2)cc1.Cc1ccc(CC(C)(C)C)cc1.Cc1cccc(C)c1C.Cc1cccc(C2CCCC2)c1.Cc1ccccc1C1CCCC1. The van der Waals surface area contributed by atoms with E-state index >= 15 is 0 Å². The van der Waals surface area contributed by atoms with Crippen LogP contribution in [-0.4, -0.2) is 0 Å². The maximum absolute atomic E-state index is 2.34. The van der Waals surface area contributed by atoms with E-state index in [9.17, 15) is 0 Å². The molecule has 3 saturated carbocycles. The van der Waals surface area contributed by atoms with Gasteiger partial charge in [-0.25, -0.2) is 0 Å². The number of benzene rings is 6. The molecule has 0 aromatic heterocycles. The van der Waals surface area contributed by atoms with Gasteiger partial charge in [0.1, 0.15) is 0 Å². The highest BCUT2D eigenvalue weighted by molar-refractivity contribution is 5.33. The Morgan fingerprint density at radius 2 is 0.788 bits per heavy atom. The maximum atomic E-state index is 2.34. The Morgan fingerprint density at radius 1 is 0.348 bits per heavy atom. The molecule has 3 aliphatic carbocycles. The smallest absolute Gasteiger partial charge is 0.0159 e. The summed E-state index contributed by atoms with van der Waals surface area (Å²) in [5.41, 5.74) is 20.4. The van der Waals surface area contributed by atoms with Gasteiger partial charge in [-0.15, -0.1) is 0 Å². The average molecular weight is 883 g/mol. The summed E-state index contributed by atoms with van der Waals surface area (Å²) in [6.07, 6.45) is 18.2. The van der Waals surface area contributed by atoms with E-state index in [0.29, 0.717) is 5.41 Å². The quantitative estimate of drug-likeness (QED) is 0.165. The van der Waals surface area contributed by atoms with Crippen molar-refractivity contribution in [1.82, 2.24) is 0 Å². The van der Waals surface area contributed by atoms with Crippen molar-refractivity contribution in [2.75, 3.05) is 0 Å². The first-order chi connectivity index (χ1) is 31.5. The van der Waals surface area contributed by atoms with E-state index in [1.807, 2.05) is 0 Å². The summed E-state index contributed by atoms with van der Waals surface area (Å²) in [7, 11) is 0. The molecule has 0 bridgehead atoms. The molecule has 0 spiro atoms. The van der Waals surface area contributed by atoms with Gasteiger partial charge in [-0.3, -0.25) is 0 Å². The van der Waals surface area contributed by atoms with Crippen LogP contribution in [0.1, 0.15) is 193 Å². The second kappa shape index (κ2) is 27.8. The zero-order chi connectivity index (χ0) is 48.1. The molecule has 0 aliphatic heterocycles. The van der Waals surface area contributed by atoms with E-state index in [-0.39, 0.29) is 0 Å². The first kappa shape index (κ1) is 53.9. The summed E-state index contributed by atoms with van der Waals surface area (Å²) in [6.45, 7) is 28.3. The van der Waals surface area contributed by atoms with Crippen molar-refractivity contribution in [1.29, 1.82) is 0 Å². The Bertz CT molecular complexity index is 2240. The van der Waals surface area contributed by atoms with Crippen LogP contribution in [0.15, 0.2) is 133 Å². The minimum Gasteiger partial charge on any atom is -0.0620 e. The van der Waals surface area contributed by atoms with Crippen molar-refractivity contribution in [3.8, 4) is 0 Å². The molecule has 354 valence electrons. The highest BCUT2D eigenvalue weighted by Crippen LogP contribution is 2.36. The molecule has 3 fully saturated rings. The van der Waals surface area contributed by atoms with Gasteiger partial charge in [0.15, 0.2) is 0 Å². The van der Waals surface area contributed by atoms with Crippen LogP contribution in [0.4, 0.5) is 0 Å². The van der Waals surface area contributed by atoms with Crippen molar-refractivity contribution in [2.24, 2.45) is 5.41 Å². The molecule has 0 radical (unpaired) electrons. The number of aryl methyl sites for hydroxylation is 9. The molecule has 9 rings (SSSR count). The maximum Gasteiger partial charge on any atom is -0.0159 e. The molecule has 6 aromatic rings. The van der Waals surface area contributed by atoms with Gasteiger partial charge < -0.3 is 0 Å².